The topological polar surface area (TPSA) is 59.8 Å². The molecule has 27 heavy (non-hydrogen) atoms. The van der Waals surface area contributed by atoms with Crippen LogP contribution in [0.2, 0.25) is 0 Å². The van der Waals surface area contributed by atoms with Gasteiger partial charge in [-0.3, -0.25) is 4.79 Å². The maximum atomic E-state index is 12.7. The molecule has 1 fully saturated rings. The molecule has 1 heterocycles. The van der Waals surface area contributed by atoms with Gasteiger partial charge < -0.3 is 15.0 Å². The largest absolute Gasteiger partial charge is 0.462 e. The van der Waals surface area contributed by atoms with Gasteiger partial charge in [0.25, 0.3) is 5.91 Å². The molecule has 5 nitrogen and oxygen atoms in total. The van der Waals surface area contributed by atoms with E-state index in [4.69, 9.17) is 4.74 Å². The fourth-order valence-corrected chi connectivity index (χ4v) is 5.84. The Kier molecular flexibility index (Phi) is 6.93. The number of fused-ring (bicyclic) bond motifs is 1. The number of nitrogens with one attached hydrogen (secondary N) is 2. The van der Waals surface area contributed by atoms with E-state index in [1.54, 1.807) is 11.3 Å². The maximum Gasteiger partial charge on any atom is 0.341 e. The summed E-state index contributed by atoms with van der Waals surface area (Å²) in [5, 5.41) is 3.74. The highest BCUT2D eigenvalue weighted by atomic mass is 32.1. The molecule has 0 bridgehead atoms. The van der Waals surface area contributed by atoms with Crippen LogP contribution in [0.4, 0.5) is 5.00 Å². The van der Waals surface area contributed by atoms with Crippen molar-refractivity contribution in [1.29, 1.82) is 0 Å². The smallest absolute Gasteiger partial charge is 0.341 e. The van der Waals surface area contributed by atoms with Crippen molar-refractivity contribution < 1.29 is 19.2 Å². The van der Waals surface area contributed by atoms with Gasteiger partial charge in [-0.05, 0) is 63.4 Å². The summed E-state index contributed by atoms with van der Waals surface area (Å²) in [6.45, 7) is 4.86. The number of hydrogen-bond acceptors (Lipinski definition) is 4. The van der Waals surface area contributed by atoms with Gasteiger partial charge in [0.1, 0.15) is 5.00 Å². The number of rotatable bonds is 6. The van der Waals surface area contributed by atoms with Crippen molar-refractivity contribution in [2.45, 2.75) is 71.3 Å². The summed E-state index contributed by atoms with van der Waals surface area (Å²) >= 11 is 1.57. The van der Waals surface area contributed by atoms with Crippen molar-refractivity contribution in [3.63, 3.8) is 0 Å². The summed E-state index contributed by atoms with van der Waals surface area (Å²) in [7, 11) is 2.11. The number of carbonyl (C=O) groups is 2. The van der Waals surface area contributed by atoms with Gasteiger partial charge in [-0.1, -0.05) is 13.3 Å². The van der Waals surface area contributed by atoms with Crippen LogP contribution in [0, 0.1) is 5.92 Å². The summed E-state index contributed by atoms with van der Waals surface area (Å²) in [5.41, 5.74) is 1.70. The summed E-state index contributed by atoms with van der Waals surface area (Å²) in [5.74, 6) is 0.319. The highest BCUT2D eigenvalue weighted by Gasteiger charge is 2.30. The third-order valence-electron chi connectivity index (χ3n) is 5.99. The van der Waals surface area contributed by atoms with Crippen LogP contribution < -0.4 is 10.2 Å². The minimum absolute atomic E-state index is 0.00438. The average Bonchev–Trinajstić information content (AvgIpc) is 2.99. The van der Waals surface area contributed by atoms with Crippen LogP contribution in [0.15, 0.2) is 0 Å². The molecule has 0 spiro atoms. The molecule has 1 unspecified atom stereocenters. The summed E-state index contributed by atoms with van der Waals surface area (Å²) < 4.78 is 5.29. The van der Waals surface area contributed by atoms with E-state index in [1.165, 1.54) is 41.9 Å². The van der Waals surface area contributed by atoms with Crippen molar-refractivity contribution in [2.75, 3.05) is 25.5 Å². The Morgan fingerprint density at radius 3 is 2.67 bits per heavy atom. The number of ether oxygens (including phenoxy) is 1. The molecular weight excluding hydrogens is 360 g/mol. The number of quaternary nitrogens is 1. The van der Waals surface area contributed by atoms with Gasteiger partial charge in [-0.15, -0.1) is 11.3 Å². The van der Waals surface area contributed by atoms with Gasteiger partial charge in [0, 0.05) is 4.88 Å². The summed E-state index contributed by atoms with van der Waals surface area (Å²) in [6, 6.07) is 0.575. The molecule has 2 atom stereocenters. The van der Waals surface area contributed by atoms with E-state index in [1.807, 2.05) is 6.92 Å². The van der Waals surface area contributed by atoms with E-state index in [2.05, 4.69) is 19.3 Å². The van der Waals surface area contributed by atoms with E-state index in [9.17, 15) is 9.59 Å². The molecule has 1 aromatic rings. The molecule has 0 saturated heterocycles. The zero-order chi connectivity index (χ0) is 19.4. The number of amides is 1. The molecule has 0 radical (unpaired) electrons. The first-order valence-electron chi connectivity index (χ1n) is 10.4. The zero-order valence-electron chi connectivity index (χ0n) is 16.9. The lowest BCUT2D eigenvalue weighted by atomic mass is 9.88. The SMILES string of the molecule is CCOC(=O)c1c(NC(=O)C[NH+](C)C2CCCCC2)sc2c1CC[C@H](C)C2. The van der Waals surface area contributed by atoms with Crippen LogP contribution in [0.1, 0.15) is 73.2 Å². The van der Waals surface area contributed by atoms with Crippen LogP contribution in [0.5, 0.6) is 0 Å². The molecular formula is C21H33N2O3S+. The monoisotopic (exact) mass is 393 g/mol. The van der Waals surface area contributed by atoms with Gasteiger partial charge in [0.05, 0.1) is 25.3 Å². The summed E-state index contributed by atoms with van der Waals surface area (Å²) in [6.07, 6.45) is 9.23. The zero-order valence-corrected chi connectivity index (χ0v) is 17.7. The molecule has 6 heteroatoms. The number of esters is 1. The van der Waals surface area contributed by atoms with Crippen molar-refractivity contribution in [3.05, 3.63) is 16.0 Å². The number of thiophene rings is 1. The molecule has 2 N–H and O–H groups in total. The second-order valence-corrected chi connectivity index (χ2v) is 9.29. The third-order valence-corrected chi connectivity index (χ3v) is 7.16. The van der Waals surface area contributed by atoms with Gasteiger partial charge >= 0.3 is 5.97 Å². The van der Waals surface area contributed by atoms with Gasteiger partial charge in [0.15, 0.2) is 6.54 Å². The number of likely N-dealkylation sites (N-methyl/N-ethyl adjacent to an activating group) is 1. The van der Waals surface area contributed by atoms with E-state index < -0.39 is 0 Å². The van der Waals surface area contributed by atoms with Gasteiger partial charge in [-0.25, -0.2) is 4.79 Å². The average molecular weight is 394 g/mol. The Morgan fingerprint density at radius 2 is 1.96 bits per heavy atom. The van der Waals surface area contributed by atoms with E-state index in [-0.39, 0.29) is 11.9 Å². The van der Waals surface area contributed by atoms with Crippen LogP contribution in [-0.4, -0.2) is 38.1 Å². The first kappa shape index (κ1) is 20.3. The van der Waals surface area contributed by atoms with Crippen LogP contribution >= 0.6 is 11.3 Å². The fourth-order valence-electron chi connectivity index (χ4n) is 4.42. The Morgan fingerprint density at radius 1 is 1.22 bits per heavy atom. The van der Waals surface area contributed by atoms with Crippen LogP contribution in [0.25, 0.3) is 0 Å². The molecule has 0 aliphatic heterocycles. The summed E-state index contributed by atoms with van der Waals surface area (Å²) in [4.78, 5) is 27.8. The van der Waals surface area contributed by atoms with E-state index in [0.717, 1.165) is 24.8 Å². The van der Waals surface area contributed by atoms with Crippen molar-refractivity contribution >= 4 is 28.2 Å². The standard InChI is InChI=1S/C21H32N2O3S/c1-4-26-21(25)19-16-11-10-14(2)12-17(16)27-20(19)22-18(24)13-23(3)15-8-6-5-7-9-15/h14-15H,4-13H2,1-3H3,(H,22,24)/p+1/t14-/m0/s1. The lowest BCUT2D eigenvalue weighted by Crippen LogP contribution is -3.14. The lowest BCUT2D eigenvalue weighted by Gasteiger charge is -2.27. The number of carbonyl (C=O) groups excluding carboxylic acids is 2. The van der Waals surface area contributed by atoms with Crippen molar-refractivity contribution in [2.24, 2.45) is 5.92 Å². The van der Waals surface area contributed by atoms with Crippen molar-refractivity contribution in [3.8, 4) is 0 Å². The third kappa shape index (κ3) is 4.91. The Labute approximate surface area is 166 Å². The van der Waals surface area contributed by atoms with E-state index >= 15 is 0 Å². The minimum Gasteiger partial charge on any atom is -0.462 e. The molecule has 150 valence electrons. The highest BCUT2D eigenvalue weighted by molar-refractivity contribution is 7.17. The molecule has 1 aromatic heterocycles. The maximum absolute atomic E-state index is 12.7. The Bertz CT molecular complexity index is 679. The van der Waals surface area contributed by atoms with Crippen LogP contribution in [0.3, 0.4) is 0 Å². The molecule has 0 aromatic carbocycles. The predicted molar refractivity (Wildman–Crippen MR) is 109 cm³/mol. The second-order valence-electron chi connectivity index (χ2n) is 8.18. The Balaban J connectivity index is 1.73. The first-order valence-corrected chi connectivity index (χ1v) is 11.2. The molecule has 2 aliphatic rings. The second kappa shape index (κ2) is 9.20. The Hall–Kier alpha value is -1.40. The molecule has 1 saturated carbocycles. The lowest BCUT2D eigenvalue weighted by molar-refractivity contribution is -0.899. The van der Waals surface area contributed by atoms with Gasteiger partial charge in [-0.2, -0.15) is 0 Å². The van der Waals surface area contributed by atoms with Crippen LogP contribution in [-0.2, 0) is 22.4 Å². The number of hydrogen-bond donors (Lipinski definition) is 2. The normalized spacial score (nSPS) is 21.4. The predicted octanol–water partition coefficient (Wildman–Crippen LogP) is 2.84. The quantitative estimate of drug-likeness (QED) is 0.731. The number of anilines is 1. The minimum atomic E-state index is -0.298. The van der Waals surface area contributed by atoms with E-state index in [0.29, 0.717) is 35.7 Å². The molecule has 1 amide bonds. The fraction of sp³-hybridized carbons (Fsp3) is 0.714. The highest BCUT2D eigenvalue weighted by Crippen LogP contribution is 2.40. The molecule has 3 rings (SSSR count). The first-order chi connectivity index (χ1) is 13.0. The van der Waals surface area contributed by atoms with Crippen molar-refractivity contribution in [1.82, 2.24) is 0 Å². The van der Waals surface area contributed by atoms with Gasteiger partial charge in [0.2, 0.25) is 0 Å². The molecule has 2 aliphatic carbocycles.